The number of benzene rings is 1. The van der Waals surface area contributed by atoms with Gasteiger partial charge in [-0.05, 0) is 25.0 Å². The second-order valence-corrected chi connectivity index (χ2v) is 5.00. The van der Waals surface area contributed by atoms with Crippen molar-refractivity contribution in [3.8, 4) is 11.5 Å². The van der Waals surface area contributed by atoms with Crippen molar-refractivity contribution < 1.29 is 23.4 Å². The maximum absolute atomic E-state index is 12.3. The molecule has 1 aliphatic rings. The number of methoxy groups -OCH3 is 2. The number of carbonyl (C=O) groups is 1. The minimum Gasteiger partial charge on any atom is -0.497 e. The van der Waals surface area contributed by atoms with E-state index in [2.05, 4.69) is 15.5 Å². The lowest BCUT2D eigenvalue weighted by Crippen LogP contribution is -2.12. The van der Waals surface area contributed by atoms with Crippen LogP contribution in [0.2, 0.25) is 0 Å². The molecule has 1 N–H and O–H groups in total. The highest BCUT2D eigenvalue weighted by Crippen LogP contribution is 2.28. The molecule has 1 aromatic heterocycles. The van der Waals surface area contributed by atoms with Gasteiger partial charge in [0.15, 0.2) is 0 Å². The van der Waals surface area contributed by atoms with Gasteiger partial charge in [0.25, 0.3) is 5.91 Å². The van der Waals surface area contributed by atoms with Crippen LogP contribution in [-0.2, 0) is 4.74 Å². The minimum atomic E-state index is -0.398. The van der Waals surface area contributed by atoms with Crippen molar-refractivity contribution >= 4 is 11.9 Å². The van der Waals surface area contributed by atoms with Gasteiger partial charge in [-0.25, -0.2) is 0 Å². The third-order valence-corrected chi connectivity index (χ3v) is 3.48. The number of hydrogen-bond acceptors (Lipinski definition) is 7. The van der Waals surface area contributed by atoms with Gasteiger partial charge in [0.05, 0.1) is 14.2 Å². The number of ether oxygens (including phenoxy) is 3. The fourth-order valence-corrected chi connectivity index (χ4v) is 2.30. The van der Waals surface area contributed by atoms with E-state index in [1.54, 1.807) is 18.2 Å². The summed E-state index contributed by atoms with van der Waals surface area (Å²) in [5.74, 6) is 1.01. The summed E-state index contributed by atoms with van der Waals surface area (Å²) < 4.78 is 21.2. The van der Waals surface area contributed by atoms with Gasteiger partial charge in [0.2, 0.25) is 5.89 Å². The fraction of sp³-hybridized carbons (Fsp3) is 0.400. The van der Waals surface area contributed by atoms with E-state index in [1.807, 2.05) is 0 Å². The molecule has 0 bridgehead atoms. The van der Waals surface area contributed by atoms with Crippen molar-refractivity contribution in [2.45, 2.75) is 18.9 Å². The maximum atomic E-state index is 12.3. The highest BCUT2D eigenvalue weighted by atomic mass is 16.5. The molecule has 23 heavy (non-hydrogen) atoms. The zero-order valence-electron chi connectivity index (χ0n) is 12.9. The number of nitrogens with one attached hydrogen (secondary N) is 1. The van der Waals surface area contributed by atoms with Crippen LogP contribution in [0.4, 0.5) is 6.01 Å². The van der Waals surface area contributed by atoms with Crippen LogP contribution >= 0.6 is 0 Å². The maximum Gasteiger partial charge on any atom is 0.322 e. The second kappa shape index (κ2) is 6.66. The first-order valence-electron chi connectivity index (χ1n) is 7.19. The third kappa shape index (κ3) is 3.42. The first-order valence-corrected chi connectivity index (χ1v) is 7.19. The van der Waals surface area contributed by atoms with E-state index in [1.165, 1.54) is 14.2 Å². The van der Waals surface area contributed by atoms with Crippen LogP contribution in [0.15, 0.2) is 22.6 Å². The quantitative estimate of drug-likeness (QED) is 0.902. The number of aromatic nitrogens is 2. The molecule has 1 saturated heterocycles. The second-order valence-electron chi connectivity index (χ2n) is 5.00. The molecule has 1 fully saturated rings. The molecular formula is C15H17N3O5. The molecular weight excluding hydrogens is 302 g/mol. The molecule has 1 aromatic carbocycles. The van der Waals surface area contributed by atoms with E-state index in [-0.39, 0.29) is 12.1 Å². The zero-order valence-corrected chi connectivity index (χ0v) is 12.9. The summed E-state index contributed by atoms with van der Waals surface area (Å²) in [6.07, 6.45) is 1.60. The normalized spacial score (nSPS) is 17.0. The highest BCUT2D eigenvalue weighted by molar-refractivity contribution is 6.03. The smallest absolute Gasteiger partial charge is 0.322 e. The molecule has 122 valence electrons. The lowest BCUT2D eigenvalue weighted by atomic mass is 10.2. The van der Waals surface area contributed by atoms with Crippen molar-refractivity contribution in [3.63, 3.8) is 0 Å². The summed E-state index contributed by atoms with van der Waals surface area (Å²) in [6.45, 7) is 0.679. The SMILES string of the molecule is COc1cc(OC)cc(C(=O)Nc2nnc(C3CCCO3)o2)c1. The van der Waals surface area contributed by atoms with E-state index in [9.17, 15) is 4.79 Å². The summed E-state index contributed by atoms with van der Waals surface area (Å²) >= 11 is 0. The van der Waals surface area contributed by atoms with Crippen LogP contribution in [0.5, 0.6) is 11.5 Å². The molecule has 0 radical (unpaired) electrons. The lowest BCUT2D eigenvalue weighted by molar-refractivity contribution is 0.0893. The molecule has 8 nitrogen and oxygen atoms in total. The number of rotatable bonds is 5. The lowest BCUT2D eigenvalue weighted by Gasteiger charge is -2.07. The first-order chi connectivity index (χ1) is 11.2. The van der Waals surface area contributed by atoms with E-state index in [0.29, 0.717) is 29.6 Å². The molecule has 1 amide bonds. The van der Waals surface area contributed by atoms with E-state index in [4.69, 9.17) is 18.6 Å². The molecule has 1 aliphatic heterocycles. The van der Waals surface area contributed by atoms with Gasteiger partial charge < -0.3 is 18.6 Å². The summed E-state index contributed by atoms with van der Waals surface area (Å²) in [5.41, 5.74) is 0.359. The van der Waals surface area contributed by atoms with Gasteiger partial charge in [-0.1, -0.05) is 5.10 Å². The van der Waals surface area contributed by atoms with Gasteiger partial charge in [-0.15, -0.1) is 5.10 Å². The number of nitrogens with zero attached hydrogens (tertiary/aromatic N) is 2. The third-order valence-electron chi connectivity index (χ3n) is 3.48. The van der Waals surface area contributed by atoms with Gasteiger partial charge in [-0.2, -0.15) is 0 Å². The molecule has 1 unspecified atom stereocenters. The van der Waals surface area contributed by atoms with Crippen LogP contribution in [0, 0.1) is 0 Å². The number of carbonyl (C=O) groups excluding carboxylic acids is 1. The molecule has 2 aromatic rings. The standard InChI is InChI=1S/C15H17N3O5/c1-20-10-6-9(7-11(8-10)21-2)13(19)16-15-18-17-14(23-15)12-4-3-5-22-12/h6-8,12H,3-5H2,1-2H3,(H,16,18,19). The Morgan fingerprint density at radius 1 is 1.22 bits per heavy atom. The van der Waals surface area contributed by atoms with Gasteiger partial charge in [0.1, 0.15) is 17.6 Å². The van der Waals surface area contributed by atoms with E-state index >= 15 is 0 Å². The van der Waals surface area contributed by atoms with Crippen LogP contribution in [0.1, 0.15) is 35.2 Å². The molecule has 8 heteroatoms. The van der Waals surface area contributed by atoms with Crippen molar-refractivity contribution in [3.05, 3.63) is 29.7 Å². The van der Waals surface area contributed by atoms with Crippen molar-refractivity contribution in [2.24, 2.45) is 0 Å². The first kappa shape index (κ1) is 15.3. The monoisotopic (exact) mass is 319 g/mol. The summed E-state index contributed by atoms with van der Waals surface area (Å²) in [6, 6.07) is 4.89. The minimum absolute atomic E-state index is 0.0299. The Hall–Kier alpha value is -2.61. The molecule has 0 aliphatic carbocycles. The Balaban J connectivity index is 1.73. The Bertz CT molecular complexity index is 672. The summed E-state index contributed by atoms with van der Waals surface area (Å²) in [5, 5.41) is 10.3. The molecule has 2 heterocycles. The Kier molecular flexibility index (Phi) is 4.42. The van der Waals surface area contributed by atoms with Gasteiger partial charge in [0, 0.05) is 18.2 Å². The fourth-order valence-electron chi connectivity index (χ4n) is 2.30. The van der Waals surface area contributed by atoms with Crippen molar-refractivity contribution in [1.29, 1.82) is 0 Å². The molecule has 0 saturated carbocycles. The predicted molar refractivity (Wildman–Crippen MR) is 79.7 cm³/mol. The highest BCUT2D eigenvalue weighted by Gasteiger charge is 2.24. The Morgan fingerprint density at radius 3 is 2.57 bits per heavy atom. The van der Waals surface area contributed by atoms with E-state index < -0.39 is 5.91 Å². The Morgan fingerprint density at radius 2 is 1.96 bits per heavy atom. The topological polar surface area (TPSA) is 95.7 Å². The van der Waals surface area contributed by atoms with Gasteiger partial charge in [-0.3, -0.25) is 10.1 Å². The molecule has 3 rings (SSSR count). The predicted octanol–water partition coefficient (Wildman–Crippen LogP) is 2.19. The Labute approximate surface area is 132 Å². The number of anilines is 1. The van der Waals surface area contributed by atoms with Crippen molar-refractivity contribution in [1.82, 2.24) is 10.2 Å². The van der Waals surface area contributed by atoms with Crippen molar-refractivity contribution in [2.75, 3.05) is 26.1 Å². The van der Waals surface area contributed by atoms with Crippen LogP contribution in [0.3, 0.4) is 0 Å². The largest absolute Gasteiger partial charge is 0.497 e. The summed E-state index contributed by atoms with van der Waals surface area (Å²) in [7, 11) is 3.03. The number of hydrogen-bond donors (Lipinski definition) is 1. The zero-order chi connectivity index (χ0) is 16.2. The number of amides is 1. The van der Waals surface area contributed by atoms with Crippen LogP contribution in [0.25, 0.3) is 0 Å². The van der Waals surface area contributed by atoms with Crippen LogP contribution < -0.4 is 14.8 Å². The summed E-state index contributed by atoms with van der Waals surface area (Å²) in [4.78, 5) is 12.3. The van der Waals surface area contributed by atoms with E-state index in [0.717, 1.165) is 12.8 Å². The molecule has 1 atom stereocenters. The van der Waals surface area contributed by atoms with Crippen LogP contribution in [-0.4, -0.2) is 36.9 Å². The average Bonchev–Trinajstić information content (AvgIpc) is 3.25. The van der Waals surface area contributed by atoms with Gasteiger partial charge >= 0.3 is 6.01 Å². The molecule has 0 spiro atoms. The average molecular weight is 319 g/mol.